The van der Waals surface area contributed by atoms with Crippen molar-refractivity contribution in [1.29, 1.82) is 0 Å². The van der Waals surface area contributed by atoms with E-state index in [0.717, 1.165) is 44.1 Å². The van der Waals surface area contributed by atoms with Crippen molar-refractivity contribution in [2.75, 3.05) is 13.1 Å². The first-order valence-electron chi connectivity index (χ1n) is 8.47. The molecule has 1 aromatic heterocycles. The first-order valence-corrected chi connectivity index (χ1v) is 8.47. The number of rotatable bonds is 5. The van der Waals surface area contributed by atoms with Gasteiger partial charge in [-0.05, 0) is 50.6 Å². The van der Waals surface area contributed by atoms with Gasteiger partial charge < -0.3 is 10.6 Å². The van der Waals surface area contributed by atoms with Crippen LogP contribution in [0, 0.1) is 11.6 Å². The van der Waals surface area contributed by atoms with Crippen molar-refractivity contribution in [3.8, 4) is 0 Å². The van der Waals surface area contributed by atoms with Crippen LogP contribution in [0.3, 0.4) is 0 Å². The highest BCUT2D eigenvalue weighted by atomic mass is 35.5. The summed E-state index contributed by atoms with van der Waals surface area (Å²) in [5.41, 5.74) is 0.301. The largest absolute Gasteiger partial charge is 0.344 e. The number of carbonyl (C=O) groups is 1. The number of hydrogen-bond donors (Lipinski definition) is 2. The van der Waals surface area contributed by atoms with Gasteiger partial charge in [-0.25, -0.2) is 13.5 Å². The molecule has 1 saturated heterocycles. The summed E-state index contributed by atoms with van der Waals surface area (Å²) in [6.07, 6.45) is 3.89. The van der Waals surface area contributed by atoms with Crippen LogP contribution in [0.2, 0.25) is 0 Å². The van der Waals surface area contributed by atoms with Crippen LogP contribution in [0.15, 0.2) is 24.4 Å². The Hall–Kier alpha value is -2.06. The molecule has 0 radical (unpaired) electrons. The smallest absolute Gasteiger partial charge is 0.273 e. The Morgan fingerprint density at radius 2 is 2.12 bits per heavy atom. The number of nitrogens with one attached hydrogen (secondary N) is 2. The van der Waals surface area contributed by atoms with Crippen LogP contribution in [0.4, 0.5) is 8.78 Å². The zero-order chi connectivity index (χ0) is 17.8. The van der Waals surface area contributed by atoms with Crippen molar-refractivity contribution in [2.24, 2.45) is 0 Å². The fraction of sp³-hybridized carbons (Fsp3) is 0.471. The van der Waals surface area contributed by atoms with Gasteiger partial charge in [-0.15, -0.1) is 17.5 Å². The molecule has 26 heavy (non-hydrogen) atoms. The van der Waals surface area contributed by atoms with Crippen molar-refractivity contribution >= 4 is 18.3 Å². The Morgan fingerprint density at radius 3 is 2.81 bits per heavy atom. The zero-order valence-electron chi connectivity index (χ0n) is 14.4. The van der Waals surface area contributed by atoms with Crippen LogP contribution in [-0.4, -0.2) is 34.0 Å². The fourth-order valence-electron chi connectivity index (χ4n) is 3.04. The summed E-state index contributed by atoms with van der Waals surface area (Å²) >= 11 is 0. The Balaban J connectivity index is 0.00000243. The Kier molecular flexibility index (Phi) is 7.05. The number of carbonyl (C=O) groups excluding carboxylic acids is 1. The standard InChI is InChI=1S/C17H21F2N5O.ClH/c1-2-15(13-9-11(18)3-4-14(13)19)21-17(25)16-10-24(23-22-16)12-5-7-20-8-6-12;/h3-4,9-10,12,15,20H,2,5-8H2,1H3,(H,21,25);1H. The maximum atomic E-state index is 14.0. The highest BCUT2D eigenvalue weighted by molar-refractivity contribution is 5.92. The van der Waals surface area contributed by atoms with Crippen LogP contribution in [0.1, 0.15) is 54.3 Å². The summed E-state index contributed by atoms with van der Waals surface area (Å²) in [7, 11) is 0. The number of hydrogen-bond acceptors (Lipinski definition) is 4. The zero-order valence-corrected chi connectivity index (χ0v) is 15.2. The van der Waals surface area contributed by atoms with Gasteiger partial charge in [0.05, 0.1) is 18.3 Å². The minimum absolute atomic E-state index is 0. The van der Waals surface area contributed by atoms with E-state index >= 15 is 0 Å². The quantitative estimate of drug-likeness (QED) is 0.830. The van der Waals surface area contributed by atoms with Gasteiger partial charge in [-0.1, -0.05) is 12.1 Å². The third-order valence-corrected chi connectivity index (χ3v) is 4.47. The number of nitrogens with zero attached hydrogens (tertiary/aromatic N) is 3. The van der Waals surface area contributed by atoms with E-state index in [-0.39, 0.29) is 29.7 Å². The van der Waals surface area contributed by atoms with E-state index in [0.29, 0.717) is 6.42 Å². The molecule has 9 heteroatoms. The summed E-state index contributed by atoms with van der Waals surface area (Å²) in [6.45, 7) is 3.60. The fourth-order valence-corrected chi connectivity index (χ4v) is 3.04. The molecular formula is C17H22ClF2N5O. The van der Waals surface area contributed by atoms with Crippen LogP contribution in [0.25, 0.3) is 0 Å². The molecule has 1 aromatic carbocycles. The van der Waals surface area contributed by atoms with E-state index in [1.165, 1.54) is 0 Å². The number of amides is 1. The second-order valence-electron chi connectivity index (χ2n) is 6.17. The van der Waals surface area contributed by atoms with Gasteiger partial charge in [0.25, 0.3) is 5.91 Å². The average molecular weight is 386 g/mol. The molecule has 1 aliphatic rings. The molecule has 0 saturated carbocycles. The van der Waals surface area contributed by atoms with Gasteiger partial charge in [0.15, 0.2) is 5.69 Å². The van der Waals surface area contributed by atoms with E-state index in [2.05, 4.69) is 20.9 Å². The molecule has 0 spiro atoms. The minimum atomic E-state index is -0.632. The van der Waals surface area contributed by atoms with Crippen LogP contribution in [0.5, 0.6) is 0 Å². The summed E-state index contributed by atoms with van der Waals surface area (Å²) in [6, 6.07) is 2.81. The second-order valence-corrected chi connectivity index (χ2v) is 6.17. The number of aromatic nitrogens is 3. The van der Waals surface area contributed by atoms with Gasteiger partial charge in [0.1, 0.15) is 11.6 Å². The lowest BCUT2D eigenvalue weighted by atomic mass is 10.0. The molecule has 1 atom stereocenters. The molecule has 2 heterocycles. The Morgan fingerprint density at radius 1 is 1.38 bits per heavy atom. The molecule has 1 aliphatic heterocycles. The molecule has 3 rings (SSSR count). The highest BCUT2D eigenvalue weighted by Gasteiger charge is 2.22. The lowest BCUT2D eigenvalue weighted by molar-refractivity contribution is 0.0929. The highest BCUT2D eigenvalue weighted by Crippen LogP contribution is 2.22. The van der Waals surface area contributed by atoms with Crippen molar-refractivity contribution < 1.29 is 13.6 Å². The van der Waals surface area contributed by atoms with Crippen molar-refractivity contribution in [3.63, 3.8) is 0 Å². The van der Waals surface area contributed by atoms with E-state index in [9.17, 15) is 13.6 Å². The van der Waals surface area contributed by atoms with Gasteiger partial charge in [-0.2, -0.15) is 0 Å². The molecule has 0 bridgehead atoms. The molecule has 6 nitrogen and oxygen atoms in total. The normalized spacial score (nSPS) is 16.0. The maximum Gasteiger partial charge on any atom is 0.273 e. The minimum Gasteiger partial charge on any atom is -0.344 e. The first kappa shape index (κ1) is 20.3. The SMILES string of the molecule is CCC(NC(=O)c1cn(C2CCNCC2)nn1)c1cc(F)ccc1F.Cl. The predicted molar refractivity (Wildman–Crippen MR) is 95.3 cm³/mol. The lowest BCUT2D eigenvalue weighted by Gasteiger charge is -2.22. The Labute approximate surface area is 156 Å². The van der Waals surface area contributed by atoms with Crippen LogP contribution < -0.4 is 10.6 Å². The monoisotopic (exact) mass is 385 g/mol. The molecule has 2 N–H and O–H groups in total. The molecular weight excluding hydrogens is 364 g/mol. The molecule has 1 unspecified atom stereocenters. The topological polar surface area (TPSA) is 71.8 Å². The summed E-state index contributed by atoms with van der Waals surface area (Å²) in [5, 5.41) is 13.9. The third-order valence-electron chi connectivity index (χ3n) is 4.47. The predicted octanol–water partition coefficient (Wildman–Crippen LogP) is 2.78. The average Bonchev–Trinajstić information content (AvgIpc) is 3.13. The van der Waals surface area contributed by atoms with E-state index in [1.54, 1.807) is 17.8 Å². The van der Waals surface area contributed by atoms with Crippen LogP contribution in [-0.2, 0) is 0 Å². The molecule has 1 amide bonds. The van der Waals surface area contributed by atoms with Gasteiger partial charge in [0.2, 0.25) is 0 Å². The number of halogens is 3. The second kappa shape index (κ2) is 9.05. The van der Waals surface area contributed by atoms with Gasteiger partial charge in [0, 0.05) is 5.56 Å². The maximum absolute atomic E-state index is 14.0. The third kappa shape index (κ3) is 4.56. The molecule has 2 aromatic rings. The number of benzene rings is 1. The van der Waals surface area contributed by atoms with Crippen molar-refractivity contribution in [3.05, 3.63) is 47.3 Å². The van der Waals surface area contributed by atoms with E-state index < -0.39 is 23.6 Å². The lowest BCUT2D eigenvalue weighted by Crippen LogP contribution is -2.30. The van der Waals surface area contributed by atoms with Gasteiger partial charge in [-0.3, -0.25) is 4.79 Å². The Bertz CT molecular complexity index is 749. The summed E-state index contributed by atoms with van der Waals surface area (Å²) < 4.78 is 29.1. The first-order chi connectivity index (χ1) is 12.1. The summed E-state index contributed by atoms with van der Waals surface area (Å²) in [4.78, 5) is 12.4. The van der Waals surface area contributed by atoms with E-state index in [1.807, 2.05) is 0 Å². The van der Waals surface area contributed by atoms with Crippen LogP contribution >= 0.6 is 12.4 Å². The number of piperidine rings is 1. The summed E-state index contributed by atoms with van der Waals surface area (Å²) in [5.74, 6) is -1.54. The van der Waals surface area contributed by atoms with E-state index in [4.69, 9.17) is 0 Å². The van der Waals surface area contributed by atoms with Crippen molar-refractivity contribution in [1.82, 2.24) is 25.6 Å². The van der Waals surface area contributed by atoms with Gasteiger partial charge >= 0.3 is 0 Å². The molecule has 142 valence electrons. The molecule has 0 aliphatic carbocycles. The van der Waals surface area contributed by atoms with Crippen molar-refractivity contribution in [2.45, 2.75) is 38.3 Å². The molecule has 1 fully saturated rings.